The molecule has 1 fully saturated rings. The minimum atomic E-state index is 0.482. The van der Waals surface area contributed by atoms with Crippen LogP contribution in [0.5, 0.6) is 5.75 Å². The third kappa shape index (κ3) is 3.76. The largest absolute Gasteiger partial charge is 0.492 e. The smallest absolute Gasteiger partial charge is 0.122 e. The highest BCUT2D eigenvalue weighted by Gasteiger charge is 2.23. The fourth-order valence-corrected chi connectivity index (χ4v) is 3.32. The summed E-state index contributed by atoms with van der Waals surface area (Å²) in [6.07, 6.45) is 6.86. The number of benzene rings is 1. The van der Waals surface area contributed by atoms with Gasteiger partial charge in [-0.05, 0) is 69.3 Å². The van der Waals surface area contributed by atoms with E-state index in [-0.39, 0.29) is 0 Å². The lowest BCUT2D eigenvalue weighted by Gasteiger charge is -2.30. The molecule has 0 aromatic heterocycles. The summed E-state index contributed by atoms with van der Waals surface area (Å²) in [6.45, 7) is 7.23. The quantitative estimate of drug-likeness (QED) is 0.871. The van der Waals surface area contributed by atoms with E-state index in [1.165, 1.54) is 48.8 Å². The van der Waals surface area contributed by atoms with Crippen LogP contribution in [0.4, 0.5) is 0 Å². The van der Waals surface area contributed by atoms with E-state index in [0.29, 0.717) is 6.04 Å². The summed E-state index contributed by atoms with van der Waals surface area (Å²) in [5, 5.41) is 3.47. The molecule has 2 rings (SSSR count). The Bertz CT molecular complexity index is 435. The maximum Gasteiger partial charge on any atom is 0.122 e. The van der Waals surface area contributed by atoms with Crippen molar-refractivity contribution in [2.75, 3.05) is 13.7 Å². The van der Waals surface area contributed by atoms with Crippen LogP contribution in [-0.4, -0.2) is 19.7 Å². The summed E-state index contributed by atoms with van der Waals surface area (Å²) < 4.78 is 6.14. The molecule has 1 saturated carbocycles. The minimum Gasteiger partial charge on any atom is -0.492 e. The molecule has 0 saturated heterocycles. The maximum absolute atomic E-state index is 6.14. The predicted octanol–water partition coefficient (Wildman–Crippen LogP) is 4.16. The van der Waals surface area contributed by atoms with E-state index < -0.39 is 0 Å². The van der Waals surface area contributed by atoms with Gasteiger partial charge in [-0.15, -0.1) is 0 Å². The van der Waals surface area contributed by atoms with Gasteiger partial charge in [0, 0.05) is 6.04 Å². The fourth-order valence-electron chi connectivity index (χ4n) is 3.32. The molecular weight excluding hydrogens is 246 g/mol. The molecule has 1 N–H and O–H groups in total. The van der Waals surface area contributed by atoms with Gasteiger partial charge in [0.05, 0.1) is 0 Å². The van der Waals surface area contributed by atoms with Gasteiger partial charge in [-0.2, -0.15) is 0 Å². The second-order valence-corrected chi connectivity index (χ2v) is 6.31. The molecule has 0 heterocycles. The van der Waals surface area contributed by atoms with Crippen LogP contribution >= 0.6 is 0 Å². The lowest BCUT2D eigenvalue weighted by atomic mass is 9.84. The van der Waals surface area contributed by atoms with Crippen molar-refractivity contribution in [1.82, 2.24) is 5.32 Å². The maximum atomic E-state index is 6.14. The Labute approximate surface area is 123 Å². The van der Waals surface area contributed by atoms with Crippen LogP contribution in [0.1, 0.15) is 48.8 Å². The summed E-state index contributed by atoms with van der Waals surface area (Å²) in [6, 6.07) is 4.87. The Kier molecular flexibility index (Phi) is 5.47. The number of ether oxygens (including phenoxy) is 1. The van der Waals surface area contributed by atoms with Gasteiger partial charge in [-0.25, -0.2) is 0 Å². The van der Waals surface area contributed by atoms with E-state index >= 15 is 0 Å². The molecule has 2 heteroatoms. The number of likely N-dealkylation sites (N-methyl/N-ethyl adjacent to an activating group) is 1. The highest BCUT2D eigenvalue weighted by molar-refractivity contribution is 5.41. The summed E-state index contributed by atoms with van der Waals surface area (Å²) in [7, 11) is 2.07. The molecule has 1 atom stereocenters. The molecule has 0 radical (unpaired) electrons. The Morgan fingerprint density at radius 2 is 1.85 bits per heavy atom. The van der Waals surface area contributed by atoms with E-state index in [0.717, 1.165) is 18.3 Å². The second-order valence-electron chi connectivity index (χ2n) is 6.31. The SMILES string of the molecule is CNC(COc1cc(C)cc(C)c1C)C1CCCCC1. The lowest BCUT2D eigenvalue weighted by molar-refractivity contribution is 0.192. The highest BCUT2D eigenvalue weighted by atomic mass is 16.5. The first-order valence-electron chi connectivity index (χ1n) is 7.99. The number of hydrogen-bond donors (Lipinski definition) is 1. The Morgan fingerprint density at radius 3 is 2.50 bits per heavy atom. The number of hydrogen-bond acceptors (Lipinski definition) is 2. The van der Waals surface area contributed by atoms with Crippen LogP contribution in [0.2, 0.25) is 0 Å². The topological polar surface area (TPSA) is 21.3 Å². The molecule has 1 unspecified atom stereocenters. The van der Waals surface area contributed by atoms with E-state index in [9.17, 15) is 0 Å². The highest BCUT2D eigenvalue weighted by Crippen LogP contribution is 2.28. The van der Waals surface area contributed by atoms with Crippen molar-refractivity contribution in [2.24, 2.45) is 5.92 Å². The van der Waals surface area contributed by atoms with Crippen molar-refractivity contribution < 1.29 is 4.74 Å². The normalized spacial score (nSPS) is 18.0. The van der Waals surface area contributed by atoms with Crippen LogP contribution in [0, 0.1) is 26.7 Å². The van der Waals surface area contributed by atoms with E-state index in [1.54, 1.807) is 0 Å². The van der Waals surface area contributed by atoms with E-state index in [1.807, 2.05) is 0 Å². The van der Waals surface area contributed by atoms with Crippen LogP contribution in [0.25, 0.3) is 0 Å². The molecule has 112 valence electrons. The molecule has 0 bridgehead atoms. The zero-order valence-electron chi connectivity index (χ0n) is 13.5. The van der Waals surface area contributed by atoms with E-state index in [2.05, 4.69) is 45.3 Å². The Balaban J connectivity index is 1.99. The summed E-state index contributed by atoms with van der Waals surface area (Å²) >= 11 is 0. The average Bonchev–Trinajstić information content (AvgIpc) is 2.45. The summed E-state index contributed by atoms with van der Waals surface area (Å²) in [4.78, 5) is 0. The van der Waals surface area contributed by atoms with Gasteiger partial charge in [0.1, 0.15) is 12.4 Å². The Morgan fingerprint density at radius 1 is 1.15 bits per heavy atom. The molecule has 2 nitrogen and oxygen atoms in total. The van der Waals surface area contributed by atoms with Gasteiger partial charge in [0.2, 0.25) is 0 Å². The van der Waals surface area contributed by atoms with Crippen LogP contribution < -0.4 is 10.1 Å². The summed E-state index contributed by atoms with van der Waals surface area (Å²) in [5.41, 5.74) is 3.87. The van der Waals surface area contributed by atoms with Gasteiger partial charge in [0.25, 0.3) is 0 Å². The number of aryl methyl sites for hydroxylation is 2. The van der Waals surface area contributed by atoms with Gasteiger partial charge < -0.3 is 10.1 Å². The van der Waals surface area contributed by atoms with Crippen molar-refractivity contribution in [3.8, 4) is 5.75 Å². The zero-order chi connectivity index (χ0) is 14.5. The van der Waals surface area contributed by atoms with Crippen LogP contribution in [-0.2, 0) is 0 Å². The molecule has 20 heavy (non-hydrogen) atoms. The molecule has 0 aliphatic heterocycles. The average molecular weight is 275 g/mol. The number of rotatable bonds is 5. The third-order valence-electron chi connectivity index (χ3n) is 4.77. The lowest BCUT2D eigenvalue weighted by Crippen LogP contribution is -2.39. The summed E-state index contributed by atoms with van der Waals surface area (Å²) in [5.74, 6) is 1.83. The molecule has 0 amide bonds. The second kappa shape index (κ2) is 7.12. The minimum absolute atomic E-state index is 0.482. The van der Waals surface area contributed by atoms with Crippen molar-refractivity contribution in [3.63, 3.8) is 0 Å². The van der Waals surface area contributed by atoms with Crippen molar-refractivity contribution in [2.45, 2.75) is 58.9 Å². The molecule has 1 aromatic rings. The van der Waals surface area contributed by atoms with Gasteiger partial charge in [-0.3, -0.25) is 0 Å². The standard InChI is InChI=1S/C18H29NO/c1-13-10-14(2)15(3)18(11-13)20-12-17(19-4)16-8-6-5-7-9-16/h10-11,16-17,19H,5-9,12H2,1-4H3. The monoisotopic (exact) mass is 275 g/mol. The fraction of sp³-hybridized carbons (Fsp3) is 0.667. The van der Waals surface area contributed by atoms with Gasteiger partial charge in [0.15, 0.2) is 0 Å². The molecular formula is C18H29NO. The molecule has 1 aliphatic rings. The van der Waals surface area contributed by atoms with Crippen LogP contribution in [0.3, 0.4) is 0 Å². The zero-order valence-corrected chi connectivity index (χ0v) is 13.5. The van der Waals surface area contributed by atoms with Crippen molar-refractivity contribution in [3.05, 3.63) is 28.8 Å². The van der Waals surface area contributed by atoms with Gasteiger partial charge in [-0.1, -0.05) is 25.3 Å². The molecule has 0 spiro atoms. The first-order valence-corrected chi connectivity index (χ1v) is 7.99. The predicted molar refractivity (Wildman–Crippen MR) is 85.6 cm³/mol. The Hall–Kier alpha value is -1.02. The van der Waals surface area contributed by atoms with Gasteiger partial charge >= 0.3 is 0 Å². The first kappa shape index (κ1) is 15.4. The molecule has 1 aromatic carbocycles. The molecule has 1 aliphatic carbocycles. The van der Waals surface area contributed by atoms with Crippen molar-refractivity contribution >= 4 is 0 Å². The van der Waals surface area contributed by atoms with Crippen molar-refractivity contribution in [1.29, 1.82) is 0 Å². The number of nitrogens with one attached hydrogen (secondary N) is 1. The van der Waals surface area contributed by atoms with E-state index in [4.69, 9.17) is 4.74 Å². The van der Waals surface area contributed by atoms with Crippen LogP contribution in [0.15, 0.2) is 12.1 Å². The first-order chi connectivity index (χ1) is 9.61. The third-order valence-corrected chi connectivity index (χ3v) is 4.77.